The minimum Gasteiger partial charge on any atom is -0.340 e. The van der Waals surface area contributed by atoms with E-state index < -0.39 is 11.6 Å². The molecule has 138 valence electrons. The van der Waals surface area contributed by atoms with Crippen molar-refractivity contribution in [2.45, 2.75) is 13.8 Å². The van der Waals surface area contributed by atoms with Gasteiger partial charge in [0.2, 0.25) is 0 Å². The molecule has 28 heavy (non-hydrogen) atoms. The fraction of sp³-hybridized carbons (Fsp3) is 0.0952. The van der Waals surface area contributed by atoms with Gasteiger partial charge in [-0.2, -0.15) is 5.26 Å². The first-order valence-electron chi connectivity index (χ1n) is 8.55. The van der Waals surface area contributed by atoms with Crippen LogP contribution in [0.25, 0.3) is 16.9 Å². The van der Waals surface area contributed by atoms with Crippen LogP contribution in [-0.4, -0.2) is 14.5 Å². The van der Waals surface area contributed by atoms with E-state index in [1.165, 1.54) is 0 Å². The summed E-state index contributed by atoms with van der Waals surface area (Å²) in [7, 11) is 0. The SMILES string of the molecule is Cc1ccc(Nc2cc(C#N)cc(-n3c(C)nc4cc(F)c(F)cc43)n2)cc1. The van der Waals surface area contributed by atoms with Crippen LogP contribution in [0.3, 0.4) is 0 Å². The lowest BCUT2D eigenvalue weighted by molar-refractivity contribution is 0.510. The number of fused-ring (bicyclic) bond motifs is 1. The van der Waals surface area contributed by atoms with Gasteiger partial charge < -0.3 is 5.32 Å². The Kier molecular flexibility index (Phi) is 4.24. The molecule has 0 aliphatic carbocycles. The van der Waals surface area contributed by atoms with E-state index in [-0.39, 0.29) is 0 Å². The molecule has 4 rings (SSSR count). The van der Waals surface area contributed by atoms with Crippen LogP contribution >= 0.6 is 0 Å². The summed E-state index contributed by atoms with van der Waals surface area (Å²) in [5.74, 6) is -0.578. The molecule has 0 aliphatic heterocycles. The van der Waals surface area contributed by atoms with E-state index in [2.05, 4.69) is 21.4 Å². The van der Waals surface area contributed by atoms with Gasteiger partial charge in [-0.05, 0) is 38.1 Å². The molecule has 0 radical (unpaired) electrons. The first-order valence-corrected chi connectivity index (χ1v) is 8.55. The van der Waals surface area contributed by atoms with Crippen molar-refractivity contribution in [3.05, 3.63) is 77.1 Å². The molecular formula is C21H15F2N5. The van der Waals surface area contributed by atoms with E-state index >= 15 is 0 Å². The maximum Gasteiger partial charge on any atom is 0.161 e. The van der Waals surface area contributed by atoms with Crippen LogP contribution in [0, 0.1) is 36.8 Å². The lowest BCUT2D eigenvalue weighted by atomic mass is 10.2. The number of aryl methyl sites for hydroxylation is 2. The molecule has 0 atom stereocenters. The van der Waals surface area contributed by atoms with Crippen LogP contribution < -0.4 is 5.32 Å². The first kappa shape index (κ1) is 17.6. The molecule has 0 aliphatic rings. The van der Waals surface area contributed by atoms with E-state index in [1.54, 1.807) is 23.6 Å². The number of halogens is 2. The molecule has 0 saturated heterocycles. The molecule has 1 N–H and O–H groups in total. The Balaban J connectivity index is 1.85. The highest BCUT2D eigenvalue weighted by atomic mass is 19.2. The van der Waals surface area contributed by atoms with Gasteiger partial charge in [0.15, 0.2) is 11.6 Å². The Morgan fingerprint density at radius 2 is 1.68 bits per heavy atom. The third-order valence-electron chi connectivity index (χ3n) is 4.36. The van der Waals surface area contributed by atoms with Gasteiger partial charge in [-0.3, -0.25) is 4.57 Å². The summed E-state index contributed by atoms with van der Waals surface area (Å²) in [6.45, 7) is 3.70. The fourth-order valence-electron chi connectivity index (χ4n) is 3.03. The molecular weight excluding hydrogens is 360 g/mol. The average Bonchev–Trinajstić information content (AvgIpc) is 2.98. The Morgan fingerprint density at radius 3 is 2.39 bits per heavy atom. The minimum absolute atomic E-state index is 0.314. The van der Waals surface area contributed by atoms with Crippen LogP contribution in [0.5, 0.6) is 0 Å². The van der Waals surface area contributed by atoms with Crippen LogP contribution in [0.4, 0.5) is 20.3 Å². The number of benzene rings is 2. The van der Waals surface area contributed by atoms with Crippen LogP contribution in [-0.2, 0) is 0 Å². The van der Waals surface area contributed by atoms with Crippen molar-refractivity contribution in [3.8, 4) is 11.9 Å². The molecule has 0 amide bonds. The molecule has 0 unspecified atom stereocenters. The lowest BCUT2D eigenvalue weighted by Gasteiger charge is -2.11. The summed E-state index contributed by atoms with van der Waals surface area (Å²) in [5.41, 5.74) is 3.01. The van der Waals surface area contributed by atoms with E-state index in [1.807, 2.05) is 31.2 Å². The van der Waals surface area contributed by atoms with E-state index in [0.717, 1.165) is 23.4 Å². The summed E-state index contributed by atoms with van der Waals surface area (Å²) in [5, 5.41) is 12.6. The number of anilines is 2. The van der Waals surface area contributed by atoms with Crippen molar-refractivity contribution in [2.24, 2.45) is 0 Å². The van der Waals surface area contributed by atoms with Gasteiger partial charge >= 0.3 is 0 Å². The zero-order chi connectivity index (χ0) is 19.8. The second kappa shape index (κ2) is 6.74. The third kappa shape index (κ3) is 3.16. The summed E-state index contributed by atoms with van der Waals surface area (Å²) >= 11 is 0. The van der Waals surface area contributed by atoms with Crippen molar-refractivity contribution in [1.82, 2.24) is 14.5 Å². The zero-order valence-electron chi connectivity index (χ0n) is 15.2. The third-order valence-corrected chi connectivity index (χ3v) is 4.36. The number of nitrogens with zero attached hydrogens (tertiary/aromatic N) is 4. The largest absolute Gasteiger partial charge is 0.340 e. The van der Waals surface area contributed by atoms with Crippen LogP contribution in [0.2, 0.25) is 0 Å². The Hall–Kier alpha value is -3.79. The van der Waals surface area contributed by atoms with E-state index in [0.29, 0.717) is 34.1 Å². The fourth-order valence-corrected chi connectivity index (χ4v) is 3.03. The molecule has 7 heteroatoms. The summed E-state index contributed by atoms with van der Waals surface area (Å²) in [6.07, 6.45) is 0. The number of aromatic nitrogens is 3. The normalized spacial score (nSPS) is 10.8. The summed E-state index contributed by atoms with van der Waals surface area (Å²) < 4.78 is 28.9. The first-order chi connectivity index (χ1) is 13.4. The zero-order valence-corrected chi connectivity index (χ0v) is 15.2. The molecule has 4 aromatic rings. The molecule has 2 aromatic carbocycles. The molecule has 2 aromatic heterocycles. The van der Waals surface area contributed by atoms with Gasteiger partial charge in [0, 0.05) is 17.8 Å². The molecule has 5 nitrogen and oxygen atoms in total. The van der Waals surface area contributed by atoms with Crippen LogP contribution in [0.15, 0.2) is 48.5 Å². The number of hydrogen-bond acceptors (Lipinski definition) is 4. The number of imidazole rings is 1. The van der Waals surface area contributed by atoms with E-state index in [4.69, 9.17) is 0 Å². The Bertz CT molecular complexity index is 1240. The predicted octanol–water partition coefficient (Wildman–Crippen LogP) is 4.93. The van der Waals surface area contributed by atoms with Crippen molar-refractivity contribution in [1.29, 1.82) is 5.26 Å². The number of rotatable bonds is 3. The van der Waals surface area contributed by atoms with Gasteiger partial charge in [-0.25, -0.2) is 18.7 Å². The molecule has 0 fully saturated rings. The average molecular weight is 375 g/mol. The number of nitrogens with one attached hydrogen (secondary N) is 1. The van der Waals surface area contributed by atoms with Crippen molar-refractivity contribution >= 4 is 22.5 Å². The Labute approximate surface area is 159 Å². The topological polar surface area (TPSA) is 66.5 Å². The van der Waals surface area contributed by atoms with Gasteiger partial charge in [0.25, 0.3) is 0 Å². The Morgan fingerprint density at radius 1 is 0.964 bits per heavy atom. The van der Waals surface area contributed by atoms with Gasteiger partial charge in [0.05, 0.1) is 22.7 Å². The standard InChI is InChI=1S/C21H15F2N5/c1-12-3-5-15(6-4-12)26-20-7-14(11-24)8-21(27-20)28-13(2)25-18-9-16(22)17(23)10-19(18)28/h3-10H,1-2H3,(H,26,27). The highest BCUT2D eigenvalue weighted by molar-refractivity contribution is 5.78. The summed E-state index contributed by atoms with van der Waals surface area (Å²) in [4.78, 5) is 8.83. The minimum atomic E-state index is -0.969. The van der Waals surface area contributed by atoms with Crippen molar-refractivity contribution < 1.29 is 8.78 Å². The second-order valence-electron chi connectivity index (χ2n) is 6.45. The van der Waals surface area contributed by atoms with Crippen molar-refractivity contribution in [3.63, 3.8) is 0 Å². The smallest absolute Gasteiger partial charge is 0.161 e. The van der Waals surface area contributed by atoms with E-state index in [9.17, 15) is 14.0 Å². The monoisotopic (exact) mass is 375 g/mol. The molecule has 0 bridgehead atoms. The quantitative estimate of drug-likeness (QED) is 0.551. The highest BCUT2D eigenvalue weighted by Gasteiger charge is 2.15. The number of nitriles is 1. The molecule has 0 spiro atoms. The predicted molar refractivity (Wildman–Crippen MR) is 103 cm³/mol. The van der Waals surface area contributed by atoms with Crippen molar-refractivity contribution in [2.75, 3.05) is 5.32 Å². The highest BCUT2D eigenvalue weighted by Crippen LogP contribution is 2.25. The second-order valence-corrected chi connectivity index (χ2v) is 6.45. The van der Waals surface area contributed by atoms with Gasteiger partial charge in [-0.1, -0.05) is 17.7 Å². The lowest BCUT2D eigenvalue weighted by Crippen LogP contribution is -2.04. The maximum absolute atomic E-state index is 13.8. The maximum atomic E-state index is 13.8. The van der Waals surface area contributed by atoms with Crippen LogP contribution in [0.1, 0.15) is 17.0 Å². The summed E-state index contributed by atoms with van der Waals surface area (Å²) in [6, 6.07) is 15.2. The van der Waals surface area contributed by atoms with Gasteiger partial charge in [-0.15, -0.1) is 0 Å². The number of hydrogen-bond donors (Lipinski definition) is 1. The van der Waals surface area contributed by atoms with Gasteiger partial charge in [0.1, 0.15) is 17.5 Å². The number of pyridine rings is 1. The molecule has 2 heterocycles. The molecule has 0 saturated carbocycles.